The molecule has 2 aromatic rings. The highest BCUT2D eigenvalue weighted by molar-refractivity contribution is 7.16. The maximum absolute atomic E-state index is 3.44. The minimum atomic E-state index is 0.576. The number of aryl methyl sites for hydroxylation is 1. The van der Waals surface area contributed by atoms with E-state index in [0.29, 0.717) is 5.92 Å². The Bertz CT molecular complexity index is 471. The maximum Gasteiger partial charge on any atom is 0.0929 e. The molecule has 1 nitrogen and oxygen atoms in total. The van der Waals surface area contributed by atoms with Crippen LogP contribution >= 0.6 is 11.3 Å². The summed E-state index contributed by atoms with van der Waals surface area (Å²) in [6.07, 6.45) is 0. The maximum atomic E-state index is 3.44. The Balaban J connectivity index is 2.18. The van der Waals surface area contributed by atoms with E-state index in [9.17, 15) is 0 Å². The quantitative estimate of drug-likeness (QED) is 0.790. The Morgan fingerprint density at radius 1 is 1.12 bits per heavy atom. The first-order valence-corrected chi connectivity index (χ1v) is 6.40. The van der Waals surface area contributed by atoms with E-state index in [-0.39, 0.29) is 0 Å². The van der Waals surface area contributed by atoms with E-state index in [4.69, 9.17) is 0 Å². The molecule has 0 spiro atoms. The molecule has 0 saturated carbocycles. The zero-order valence-corrected chi connectivity index (χ0v) is 10.8. The van der Waals surface area contributed by atoms with Gasteiger partial charge in [0.2, 0.25) is 0 Å². The summed E-state index contributed by atoms with van der Waals surface area (Å²) in [7, 11) is 0. The fraction of sp³-hybridized carbons (Fsp3) is 0.286. The van der Waals surface area contributed by atoms with Gasteiger partial charge in [-0.15, -0.1) is 11.3 Å². The van der Waals surface area contributed by atoms with Crippen LogP contribution in [-0.2, 0) is 0 Å². The lowest BCUT2D eigenvalue weighted by Crippen LogP contribution is -1.91. The van der Waals surface area contributed by atoms with Gasteiger partial charge in [-0.05, 0) is 42.7 Å². The Hall–Kier alpha value is -1.28. The van der Waals surface area contributed by atoms with Crippen LogP contribution in [0.1, 0.15) is 30.2 Å². The molecule has 0 atom stereocenters. The minimum absolute atomic E-state index is 0.576. The lowest BCUT2D eigenvalue weighted by molar-refractivity contribution is 0.867. The van der Waals surface area contributed by atoms with Crippen molar-refractivity contribution >= 4 is 22.0 Å². The van der Waals surface area contributed by atoms with Gasteiger partial charge in [0, 0.05) is 10.6 Å². The van der Waals surface area contributed by atoms with Gasteiger partial charge in [-0.1, -0.05) is 26.0 Å². The fourth-order valence-electron chi connectivity index (χ4n) is 1.62. The van der Waals surface area contributed by atoms with Crippen molar-refractivity contribution in [3.63, 3.8) is 0 Å². The van der Waals surface area contributed by atoms with Gasteiger partial charge in [0.15, 0.2) is 0 Å². The summed E-state index contributed by atoms with van der Waals surface area (Å²) in [4.78, 5) is 1.34. The number of anilines is 2. The molecule has 1 aromatic carbocycles. The Morgan fingerprint density at radius 3 is 2.56 bits per heavy atom. The molecule has 2 heteroatoms. The number of thiophene rings is 1. The van der Waals surface area contributed by atoms with E-state index in [1.807, 2.05) is 0 Å². The summed E-state index contributed by atoms with van der Waals surface area (Å²) in [5, 5.41) is 4.65. The molecule has 1 N–H and O–H groups in total. The van der Waals surface area contributed by atoms with Crippen LogP contribution in [0.15, 0.2) is 36.4 Å². The van der Waals surface area contributed by atoms with Crippen molar-refractivity contribution in [1.82, 2.24) is 0 Å². The van der Waals surface area contributed by atoms with Crippen LogP contribution in [0.2, 0.25) is 0 Å². The summed E-state index contributed by atoms with van der Waals surface area (Å²) < 4.78 is 0. The molecular weight excluding hydrogens is 214 g/mol. The summed E-state index contributed by atoms with van der Waals surface area (Å²) >= 11 is 1.79. The molecule has 84 valence electrons. The van der Waals surface area contributed by atoms with Crippen LogP contribution in [0.4, 0.5) is 10.7 Å². The van der Waals surface area contributed by atoms with E-state index in [0.717, 1.165) is 0 Å². The molecule has 0 unspecified atom stereocenters. The third kappa shape index (κ3) is 2.64. The SMILES string of the molecule is Cc1ccc(Nc2cccc(C(C)C)c2)s1. The van der Waals surface area contributed by atoms with Crippen molar-refractivity contribution in [2.45, 2.75) is 26.7 Å². The zero-order chi connectivity index (χ0) is 11.5. The lowest BCUT2D eigenvalue weighted by atomic mass is 10.0. The van der Waals surface area contributed by atoms with Gasteiger partial charge >= 0.3 is 0 Å². The molecule has 0 amide bonds. The molecule has 0 aliphatic heterocycles. The largest absolute Gasteiger partial charge is 0.347 e. The number of hydrogen-bond acceptors (Lipinski definition) is 2. The van der Waals surface area contributed by atoms with Crippen molar-refractivity contribution in [3.05, 3.63) is 46.8 Å². The minimum Gasteiger partial charge on any atom is -0.347 e. The Morgan fingerprint density at radius 2 is 1.94 bits per heavy atom. The molecule has 0 bridgehead atoms. The predicted octanol–water partition coefficient (Wildman–Crippen LogP) is 4.92. The van der Waals surface area contributed by atoms with Gasteiger partial charge in [-0.25, -0.2) is 0 Å². The smallest absolute Gasteiger partial charge is 0.0929 e. The van der Waals surface area contributed by atoms with Crippen molar-refractivity contribution in [1.29, 1.82) is 0 Å². The molecule has 0 radical (unpaired) electrons. The number of nitrogens with one attached hydrogen (secondary N) is 1. The van der Waals surface area contributed by atoms with Gasteiger partial charge < -0.3 is 5.32 Å². The molecule has 0 saturated heterocycles. The van der Waals surface area contributed by atoms with Crippen LogP contribution < -0.4 is 5.32 Å². The van der Waals surface area contributed by atoms with Gasteiger partial charge in [0.1, 0.15) is 0 Å². The average molecular weight is 231 g/mol. The van der Waals surface area contributed by atoms with Crippen LogP contribution in [-0.4, -0.2) is 0 Å². The zero-order valence-electron chi connectivity index (χ0n) is 9.95. The monoisotopic (exact) mass is 231 g/mol. The topological polar surface area (TPSA) is 12.0 Å². The summed E-state index contributed by atoms with van der Waals surface area (Å²) in [5.41, 5.74) is 2.55. The first-order valence-electron chi connectivity index (χ1n) is 5.58. The van der Waals surface area contributed by atoms with Crippen LogP contribution in [0.5, 0.6) is 0 Å². The summed E-state index contributed by atoms with van der Waals surface area (Å²) in [6, 6.07) is 12.9. The fourth-order valence-corrected chi connectivity index (χ4v) is 2.41. The van der Waals surface area contributed by atoms with Crippen LogP contribution in [0, 0.1) is 6.92 Å². The van der Waals surface area contributed by atoms with Crippen molar-refractivity contribution < 1.29 is 0 Å². The standard InChI is InChI=1S/C14H17NS/c1-10(2)12-5-4-6-13(9-12)15-14-8-7-11(3)16-14/h4-10,15H,1-3H3. The summed E-state index contributed by atoms with van der Waals surface area (Å²) in [5.74, 6) is 0.576. The van der Waals surface area contributed by atoms with E-state index in [1.165, 1.54) is 21.1 Å². The third-order valence-corrected chi connectivity index (χ3v) is 3.48. The van der Waals surface area contributed by atoms with Crippen molar-refractivity contribution in [2.75, 3.05) is 5.32 Å². The first-order chi connectivity index (χ1) is 7.65. The normalized spacial score (nSPS) is 10.8. The van der Waals surface area contributed by atoms with Crippen molar-refractivity contribution in [3.8, 4) is 0 Å². The highest BCUT2D eigenvalue weighted by atomic mass is 32.1. The number of hydrogen-bond donors (Lipinski definition) is 1. The van der Waals surface area contributed by atoms with E-state index in [1.54, 1.807) is 11.3 Å². The summed E-state index contributed by atoms with van der Waals surface area (Å²) in [6.45, 7) is 6.56. The molecule has 0 fully saturated rings. The van der Waals surface area contributed by atoms with Crippen molar-refractivity contribution in [2.24, 2.45) is 0 Å². The molecular formula is C14H17NS. The number of benzene rings is 1. The second-order valence-corrected chi connectivity index (χ2v) is 5.60. The highest BCUT2D eigenvalue weighted by Gasteiger charge is 2.01. The second kappa shape index (κ2) is 4.71. The molecule has 1 heterocycles. The van der Waals surface area contributed by atoms with Gasteiger partial charge in [-0.2, -0.15) is 0 Å². The van der Waals surface area contributed by atoms with Gasteiger partial charge in [0.25, 0.3) is 0 Å². The molecule has 1 aromatic heterocycles. The van der Waals surface area contributed by atoms with Gasteiger partial charge in [-0.3, -0.25) is 0 Å². The predicted molar refractivity (Wildman–Crippen MR) is 72.9 cm³/mol. The van der Waals surface area contributed by atoms with E-state index >= 15 is 0 Å². The first kappa shape index (κ1) is 11.2. The highest BCUT2D eigenvalue weighted by Crippen LogP contribution is 2.26. The third-order valence-electron chi connectivity index (χ3n) is 2.56. The van der Waals surface area contributed by atoms with Crippen LogP contribution in [0.3, 0.4) is 0 Å². The molecule has 16 heavy (non-hydrogen) atoms. The Labute approximate surface area is 101 Å². The number of rotatable bonds is 3. The lowest BCUT2D eigenvalue weighted by Gasteiger charge is -2.08. The average Bonchev–Trinajstić information content (AvgIpc) is 2.64. The van der Waals surface area contributed by atoms with Gasteiger partial charge in [0.05, 0.1) is 5.00 Å². The molecule has 0 aliphatic carbocycles. The Kier molecular flexibility index (Phi) is 3.30. The van der Waals surface area contributed by atoms with E-state index < -0.39 is 0 Å². The molecule has 0 aliphatic rings. The van der Waals surface area contributed by atoms with Crippen LogP contribution in [0.25, 0.3) is 0 Å². The molecule has 2 rings (SSSR count). The second-order valence-electron chi connectivity index (χ2n) is 4.32. The van der Waals surface area contributed by atoms with E-state index in [2.05, 4.69) is 62.5 Å².